The fourth-order valence-electron chi connectivity index (χ4n) is 2.52. The topological polar surface area (TPSA) is 44.8 Å². The van der Waals surface area contributed by atoms with E-state index < -0.39 is 0 Å². The molecule has 0 spiro atoms. The van der Waals surface area contributed by atoms with Gasteiger partial charge in [0.15, 0.2) is 0 Å². The molecule has 4 nitrogen and oxygen atoms in total. The highest BCUT2D eigenvalue weighted by atomic mass is 16.6. The normalized spacial score (nSPS) is 10.6. The maximum atomic E-state index is 11.8. The van der Waals surface area contributed by atoms with Crippen molar-refractivity contribution in [2.24, 2.45) is 0 Å². The molecule has 0 N–H and O–H groups in total. The molecule has 4 heteroatoms. The Morgan fingerprint density at radius 2 is 1.60 bits per heavy atom. The van der Waals surface area contributed by atoms with Crippen molar-refractivity contribution >= 4 is 16.7 Å². The van der Waals surface area contributed by atoms with Crippen LogP contribution in [-0.2, 0) is 27.5 Å². The predicted molar refractivity (Wildman–Crippen MR) is 96.4 cm³/mol. The Hall–Kier alpha value is -2.85. The third kappa shape index (κ3) is 4.81. The number of hydrogen-bond acceptors (Lipinski definition) is 4. The number of hydrogen-bond donors (Lipinski definition) is 0. The molecule has 3 aromatic rings. The number of carbonyl (C=O) groups is 1. The van der Waals surface area contributed by atoms with Crippen molar-refractivity contribution in [1.29, 1.82) is 0 Å². The van der Waals surface area contributed by atoms with Crippen LogP contribution in [0, 0.1) is 0 Å². The van der Waals surface area contributed by atoms with Gasteiger partial charge < -0.3 is 14.2 Å². The number of fused-ring (bicyclic) bond motifs is 1. The maximum absolute atomic E-state index is 11.8. The first kappa shape index (κ1) is 17.0. The van der Waals surface area contributed by atoms with E-state index in [0.29, 0.717) is 6.61 Å². The molecule has 3 aromatic carbocycles. The van der Waals surface area contributed by atoms with E-state index in [1.165, 1.54) is 0 Å². The van der Waals surface area contributed by atoms with Crippen molar-refractivity contribution in [3.8, 4) is 5.75 Å². The summed E-state index contributed by atoms with van der Waals surface area (Å²) in [4.78, 5) is 11.8. The van der Waals surface area contributed by atoms with Gasteiger partial charge in [-0.15, -0.1) is 0 Å². The molecular weight excluding hydrogens is 316 g/mol. The van der Waals surface area contributed by atoms with Crippen LogP contribution in [0.25, 0.3) is 10.8 Å². The predicted octanol–water partition coefficient (Wildman–Crippen LogP) is 4.11. The van der Waals surface area contributed by atoms with Crippen molar-refractivity contribution in [1.82, 2.24) is 0 Å². The van der Waals surface area contributed by atoms with Crippen LogP contribution < -0.4 is 4.74 Å². The Morgan fingerprint density at radius 3 is 2.40 bits per heavy atom. The van der Waals surface area contributed by atoms with Crippen LogP contribution in [0.2, 0.25) is 0 Å². The monoisotopic (exact) mass is 336 g/mol. The van der Waals surface area contributed by atoms with Crippen molar-refractivity contribution in [3.05, 3.63) is 77.9 Å². The fourth-order valence-corrected chi connectivity index (χ4v) is 2.52. The minimum absolute atomic E-state index is 0.0559. The van der Waals surface area contributed by atoms with Crippen LogP contribution in [-0.4, -0.2) is 19.7 Å². The lowest BCUT2D eigenvalue weighted by Crippen LogP contribution is -2.12. The van der Waals surface area contributed by atoms with E-state index >= 15 is 0 Å². The molecule has 0 aliphatic heterocycles. The van der Waals surface area contributed by atoms with E-state index in [1.807, 2.05) is 66.7 Å². The summed E-state index contributed by atoms with van der Waals surface area (Å²) in [6.45, 7) is 0.572. The first-order chi connectivity index (χ1) is 12.2. The van der Waals surface area contributed by atoms with Gasteiger partial charge in [0.1, 0.15) is 19.0 Å². The lowest BCUT2D eigenvalue weighted by molar-refractivity contribution is -0.150. The van der Waals surface area contributed by atoms with Gasteiger partial charge in [0.05, 0.1) is 13.7 Å². The van der Waals surface area contributed by atoms with Gasteiger partial charge in [-0.3, -0.25) is 0 Å². The van der Waals surface area contributed by atoms with Crippen LogP contribution in [0.4, 0.5) is 0 Å². The van der Waals surface area contributed by atoms with Crippen LogP contribution >= 0.6 is 0 Å². The summed E-state index contributed by atoms with van der Waals surface area (Å²) < 4.78 is 15.9. The quantitative estimate of drug-likeness (QED) is 0.609. The molecule has 0 amide bonds. The van der Waals surface area contributed by atoms with Crippen molar-refractivity contribution in [3.63, 3.8) is 0 Å². The molecule has 0 bridgehead atoms. The number of ether oxygens (including phenoxy) is 3. The van der Waals surface area contributed by atoms with E-state index in [0.717, 1.165) is 27.6 Å². The SMILES string of the molecule is COc1ccc2cc(COC(=O)COCc3ccccc3)ccc2c1. The van der Waals surface area contributed by atoms with Crippen molar-refractivity contribution < 1.29 is 19.0 Å². The van der Waals surface area contributed by atoms with Crippen molar-refractivity contribution in [2.75, 3.05) is 13.7 Å². The summed E-state index contributed by atoms with van der Waals surface area (Å²) in [5.41, 5.74) is 1.97. The maximum Gasteiger partial charge on any atom is 0.332 e. The molecule has 0 atom stereocenters. The van der Waals surface area contributed by atoms with E-state index in [1.54, 1.807) is 7.11 Å². The van der Waals surface area contributed by atoms with Gasteiger partial charge in [0, 0.05) is 0 Å². The molecule has 0 saturated carbocycles. The first-order valence-electron chi connectivity index (χ1n) is 8.08. The standard InChI is InChI=1S/C21H20O4/c1-23-20-10-9-18-11-17(7-8-19(18)12-20)14-25-21(22)15-24-13-16-5-3-2-4-6-16/h2-12H,13-15H2,1H3. The van der Waals surface area contributed by atoms with Gasteiger partial charge >= 0.3 is 5.97 Å². The molecule has 0 fully saturated rings. The van der Waals surface area contributed by atoms with E-state index in [4.69, 9.17) is 14.2 Å². The van der Waals surface area contributed by atoms with Crippen molar-refractivity contribution in [2.45, 2.75) is 13.2 Å². The van der Waals surface area contributed by atoms with E-state index in [9.17, 15) is 4.79 Å². The van der Waals surface area contributed by atoms with Gasteiger partial charge in [-0.1, -0.05) is 48.5 Å². The highest BCUT2D eigenvalue weighted by molar-refractivity contribution is 5.84. The van der Waals surface area contributed by atoms with E-state index in [2.05, 4.69) is 0 Å². The van der Waals surface area contributed by atoms with Gasteiger partial charge in [-0.2, -0.15) is 0 Å². The largest absolute Gasteiger partial charge is 0.497 e. The molecule has 0 heterocycles. The summed E-state index contributed by atoms with van der Waals surface area (Å²) in [5, 5.41) is 2.16. The molecule has 3 rings (SSSR count). The zero-order valence-corrected chi connectivity index (χ0v) is 14.1. The smallest absolute Gasteiger partial charge is 0.332 e. The van der Waals surface area contributed by atoms with Crippen LogP contribution in [0.5, 0.6) is 5.75 Å². The van der Waals surface area contributed by atoms with Crippen LogP contribution in [0.1, 0.15) is 11.1 Å². The average molecular weight is 336 g/mol. The fraction of sp³-hybridized carbons (Fsp3) is 0.190. The molecule has 0 radical (unpaired) electrons. The van der Waals surface area contributed by atoms with Crippen LogP contribution in [0.15, 0.2) is 66.7 Å². The first-order valence-corrected chi connectivity index (χ1v) is 8.08. The minimum atomic E-state index is -0.370. The summed E-state index contributed by atoms with van der Waals surface area (Å²) in [7, 11) is 1.65. The number of esters is 1. The van der Waals surface area contributed by atoms with Crippen LogP contribution in [0.3, 0.4) is 0 Å². The van der Waals surface area contributed by atoms with Gasteiger partial charge in [-0.25, -0.2) is 4.79 Å². The second-order valence-corrected chi connectivity index (χ2v) is 5.69. The Bertz CT molecular complexity index is 843. The number of benzene rings is 3. The lowest BCUT2D eigenvalue weighted by Gasteiger charge is -2.08. The molecule has 25 heavy (non-hydrogen) atoms. The summed E-state index contributed by atoms with van der Waals surface area (Å²) in [6.07, 6.45) is 0. The Labute approximate surface area is 146 Å². The second kappa shape index (κ2) is 8.31. The Kier molecular flexibility index (Phi) is 5.65. The molecular formula is C21H20O4. The second-order valence-electron chi connectivity index (χ2n) is 5.69. The van der Waals surface area contributed by atoms with Gasteiger partial charge in [0.25, 0.3) is 0 Å². The Morgan fingerprint density at radius 1 is 0.840 bits per heavy atom. The number of carbonyl (C=O) groups excluding carboxylic acids is 1. The molecule has 0 aliphatic rings. The number of rotatable bonds is 7. The zero-order valence-electron chi connectivity index (χ0n) is 14.1. The molecule has 0 unspecified atom stereocenters. The number of methoxy groups -OCH3 is 1. The lowest BCUT2D eigenvalue weighted by atomic mass is 10.1. The summed E-state index contributed by atoms with van der Waals surface area (Å²) in [5.74, 6) is 0.452. The van der Waals surface area contributed by atoms with E-state index in [-0.39, 0.29) is 19.2 Å². The van der Waals surface area contributed by atoms with Gasteiger partial charge in [-0.05, 0) is 40.1 Å². The minimum Gasteiger partial charge on any atom is -0.497 e. The molecule has 0 aliphatic carbocycles. The Balaban J connectivity index is 1.49. The third-order valence-electron chi connectivity index (χ3n) is 3.84. The molecule has 128 valence electrons. The van der Waals surface area contributed by atoms with Gasteiger partial charge in [0.2, 0.25) is 0 Å². The average Bonchev–Trinajstić information content (AvgIpc) is 2.66. The highest BCUT2D eigenvalue weighted by Gasteiger charge is 2.05. The molecule has 0 saturated heterocycles. The third-order valence-corrected chi connectivity index (χ3v) is 3.84. The zero-order chi connectivity index (χ0) is 17.5. The highest BCUT2D eigenvalue weighted by Crippen LogP contribution is 2.22. The summed E-state index contributed by atoms with van der Waals surface area (Å²) in [6, 6.07) is 21.5. The molecule has 0 aromatic heterocycles. The summed E-state index contributed by atoms with van der Waals surface area (Å²) >= 11 is 0.